The normalized spacial score (nSPS) is 11.0. The Morgan fingerprint density at radius 2 is 2.19 bits per heavy atom. The van der Waals surface area contributed by atoms with Gasteiger partial charge in [-0.15, -0.1) is 0 Å². The van der Waals surface area contributed by atoms with Gasteiger partial charge in [-0.3, -0.25) is 0 Å². The first-order valence-corrected chi connectivity index (χ1v) is 5.83. The average molecular weight is 286 g/mol. The summed E-state index contributed by atoms with van der Waals surface area (Å²) in [7, 11) is 1.36. The largest absolute Gasteiger partial charge is 0.453 e. The van der Waals surface area contributed by atoms with Gasteiger partial charge in [0.2, 0.25) is 0 Å². The molecule has 0 aromatic heterocycles. The zero-order chi connectivity index (χ0) is 12.2. The fourth-order valence-electron chi connectivity index (χ4n) is 1.38. The van der Waals surface area contributed by atoms with E-state index < -0.39 is 6.09 Å². The van der Waals surface area contributed by atoms with E-state index in [-0.39, 0.29) is 5.41 Å². The molecule has 0 heterocycles. The van der Waals surface area contributed by atoms with Gasteiger partial charge in [0.25, 0.3) is 0 Å². The highest BCUT2D eigenvalue weighted by Crippen LogP contribution is 2.24. The summed E-state index contributed by atoms with van der Waals surface area (Å²) in [5.74, 6) is 0. The van der Waals surface area contributed by atoms with Gasteiger partial charge in [-0.25, -0.2) is 4.79 Å². The summed E-state index contributed by atoms with van der Waals surface area (Å²) in [5.41, 5.74) is 1.04. The maximum absolute atomic E-state index is 11.0. The molecule has 0 aliphatic carbocycles. The Morgan fingerprint density at radius 3 is 2.75 bits per heavy atom. The molecule has 0 saturated carbocycles. The van der Waals surface area contributed by atoms with E-state index in [2.05, 4.69) is 45.9 Å². The number of methoxy groups -OCH3 is 1. The van der Waals surface area contributed by atoms with Gasteiger partial charge >= 0.3 is 6.09 Å². The van der Waals surface area contributed by atoms with Gasteiger partial charge in [0.05, 0.1) is 7.11 Å². The maximum Gasteiger partial charge on any atom is 0.406 e. The van der Waals surface area contributed by atoms with Gasteiger partial charge in [-0.05, 0) is 17.7 Å². The Labute approximate surface area is 104 Å². The van der Waals surface area contributed by atoms with Gasteiger partial charge in [-0.1, -0.05) is 41.9 Å². The summed E-state index contributed by atoms with van der Waals surface area (Å²) in [5, 5.41) is 2.71. The van der Waals surface area contributed by atoms with Crippen LogP contribution in [-0.2, 0) is 10.2 Å². The predicted octanol–water partition coefficient (Wildman–Crippen LogP) is 3.08. The third kappa shape index (κ3) is 3.52. The van der Waals surface area contributed by atoms with Crippen molar-refractivity contribution in [3.8, 4) is 0 Å². The number of alkyl carbamates (subject to hydrolysis) is 1. The van der Waals surface area contributed by atoms with Crippen molar-refractivity contribution in [2.45, 2.75) is 19.3 Å². The highest BCUT2D eigenvalue weighted by Gasteiger charge is 2.21. The number of hydrogen-bond acceptors (Lipinski definition) is 2. The quantitative estimate of drug-likeness (QED) is 0.927. The van der Waals surface area contributed by atoms with E-state index in [1.54, 1.807) is 0 Å². The molecule has 1 aromatic carbocycles. The lowest BCUT2D eigenvalue weighted by molar-refractivity contribution is 0.168. The molecule has 0 spiro atoms. The first-order chi connectivity index (χ1) is 7.45. The second-order valence-electron chi connectivity index (χ2n) is 4.24. The fraction of sp³-hybridized carbons (Fsp3) is 0.417. The van der Waals surface area contributed by atoms with E-state index in [4.69, 9.17) is 0 Å². The number of halogens is 1. The van der Waals surface area contributed by atoms with Crippen molar-refractivity contribution in [2.75, 3.05) is 13.7 Å². The second-order valence-corrected chi connectivity index (χ2v) is 5.16. The van der Waals surface area contributed by atoms with Crippen molar-refractivity contribution in [1.29, 1.82) is 0 Å². The van der Waals surface area contributed by atoms with Crippen LogP contribution in [0.25, 0.3) is 0 Å². The van der Waals surface area contributed by atoms with Crippen molar-refractivity contribution in [2.24, 2.45) is 0 Å². The molecule has 4 heteroatoms. The van der Waals surface area contributed by atoms with Crippen LogP contribution in [0.5, 0.6) is 0 Å². The lowest BCUT2D eigenvalue weighted by Gasteiger charge is -2.25. The van der Waals surface area contributed by atoms with Crippen LogP contribution in [0, 0.1) is 0 Å². The van der Waals surface area contributed by atoms with Crippen LogP contribution in [0.15, 0.2) is 28.7 Å². The minimum absolute atomic E-state index is 0.127. The topological polar surface area (TPSA) is 38.3 Å². The van der Waals surface area contributed by atoms with E-state index in [0.29, 0.717) is 6.54 Å². The first kappa shape index (κ1) is 13.0. The van der Waals surface area contributed by atoms with Crippen LogP contribution in [0.3, 0.4) is 0 Å². The average Bonchev–Trinajstić information content (AvgIpc) is 2.26. The van der Waals surface area contributed by atoms with Crippen molar-refractivity contribution in [1.82, 2.24) is 5.32 Å². The van der Waals surface area contributed by atoms with Crippen molar-refractivity contribution >= 4 is 22.0 Å². The molecule has 0 radical (unpaired) electrons. The van der Waals surface area contributed by atoms with Crippen LogP contribution in [-0.4, -0.2) is 19.7 Å². The lowest BCUT2D eigenvalue weighted by Crippen LogP contribution is -2.36. The van der Waals surface area contributed by atoms with Crippen LogP contribution in [0.4, 0.5) is 4.79 Å². The Hall–Kier alpha value is -1.03. The molecule has 1 amide bonds. The van der Waals surface area contributed by atoms with Crippen LogP contribution in [0.1, 0.15) is 19.4 Å². The molecule has 1 aromatic rings. The molecule has 16 heavy (non-hydrogen) atoms. The number of carbonyl (C=O) groups is 1. The Balaban J connectivity index is 2.73. The molecule has 0 fully saturated rings. The molecule has 0 aliphatic rings. The number of benzene rings is 1. The van der Waals surface area contributed by atoms with Gasteiger partial charge in [0, 0.05) is 16.4 Å². The molecule has 1 N–H and O–H groups in total. The molecule has 0 bridgehead atoms. The van der Waals surface area contributed by atoms with Crippen LogP contribution < -0.4 is 5.32 Å². The van der Waals surface area contributed by atoms with E-state index in [1.807, 2.05) is 18.2 Å². The molecule has 88 valence electrons. The third-order valence-electron chi connectivity index (χ3n) is 2.47. The number of amides is 1. The molecule has 0 aliphatic heterocycles. The minimum atomic E-state index is -0.400. The van der Waals surface area contributed by atoms with Crippen molar-refractivity contribution in [3.63, 3.8) is 0 Å². The summed E-state index contributed by atoms with van der Waals surface area (Å²) in [6.45, 7) is 4.69. The molecule has 0 saturated heterocycles. The summed E-state index contributed by atoms with van der Waals surface area (Å²) >= 11 is 3.44. The Morgan fingerprint density at radius 1 is 1.50 bits per heavy atom. The molecule has 0 unspecified atom stereocenters. The Bertz CT molecular complexity index is 377. The zero-order valence-electron chi connectivity index (χ0n) is 9.71. The predicted molar refractivity (Wildman–Crippen MR) is 67.6 cm³/mol. The molecular formula is C12H16BrNO2. The van der Waals surface area contributed by atoms with Gasteiger partial charge in [0.1, 0.15) is 0 Å². The van der Waals surface area contributed by atoms with Crippen molar-refractivity contribution < 1.29 is 9.53 Å². The fourth-order valence-corrected chi connectivity index (χ4v) is 1.78. The van der Waals surface area contributed by atoms with Gasteiger partial charge < -0.3 is 10.1 Å². The van der Waals surface area contributed by atoms with Crippen molar-refractivity contribution in [3.05, 3.63) is 34.3 Å². The molecule has 0 atom stereocenters. The minimum Gasteiger partial charge on any atom is -0.453 e. The monoisotopic (exact) mass is 285 g/mol. The lowest BCUT2D eigenvalue weighted by atomic mass is 9.85. The summed E-state index contributed by atoms with van der Waals surface area (Å²) in [6.07, 6.45) is -0.400. The smallest absolute Gasteiger partial charge is 0.406 e. The molecular weight excluding hydrogens is 270 g/mol. The Kier molecular flexibility index (Phi) is 4.35. The number of ether oxygens (including phenoxy) is 1. The summed E-state index contributed by atoms with van der Waals surface area (Å²) in [6, 6.07) is 8.06. The zero-order valence-corrected chi connectivity index (χ0v) is 11.3. The number of hydrogen-bond donors (Lipinski definition) is 1. The second kappa shape index (κ2) is 5.34. The third-order valence-corrected chi connectivity index (χ3v) is 2.96. The molecule has 1 rings (SSSR count). The SMILES string of the molecule is COC(=O)NCC(C)(C)c1cccc(Br)c1. The standard InChI is InChI=1S/C12H16BrNO2/c1-12(2,8-14-11(15)16-3)9-5-4-6-10(13)7-9/h4-7H,8H2,1-3H3,(H,14,15). The van der Waals surface area contributed by atoms with Gasteiger partial charge in [0.15, 0.2) is 0 Å². The number of carbonyl (C=O) groups excluding carboxylic acids is 1. The number of rotatable bonds is 3. The van der Waals surface area contributed by atoms with Crippen LogP contribution >= 0.6 is 15.9 Å². The van der Waals surface area contributed by atoms with Crippen LogP contribution in [0.2, 0.25) is 0 Å². The van der Waals surface area contributed by atoms with E-state index >= 15 is 0 Å². The molecule has 3 nitrogen and oxygen atoms in total. The van der Waals surface area contributed by atoms with Gasteiger partial charge in [-0.2, -0.15) is 0 Å². The maximum atomic E-state index is 11.0. The highest BCUT2D eigenvalue weighted by atomic mass is 79.9. The first-order valence-electron chi connectivity index (χ1n) is 5.03. The van der Waals surface area contributed by atoms with E-state index in [9.17, 15) is 4.79 Å². The van der Waals surface area contributed by atoms with E-state index in [1.165, 1.54) is 12.7 Å². The summed E-state index contributed by atoms with van der Waals surface area (Å²) < 4.78 is 5.58. The number of nitrogens with one attached hydrogen (secondary N) is 1. The van der Waals surface area contributed by atoms with E-state index in [0.717, 1.165) is 4.47 Å². The summed E-state index contributed by atoms with van der Waals surface area (Å²) in [4.78, 5) is 11.0. The highest BCUT2D eigenvalue weighted by molar-refractivity contribution is 9.10.